The molecule has 0 spiro atoms. The van der Waals surface area contributed by atoms with E-state index in [0.29, 0.717) is 17.8 Å². The Labute approximate surface area is 128 Å². The minimum Gasteiger partial charge on any atom is -0.465 e. The fourth-order valence-electron chi connectivity index (χ4n) is 1.95. The van der Waals surface area contributed by atoms with Crippen LogP contribution in [-0.4, -0.2) is 19.6 Å². The highest BCUT2D eigenvalue weighted by atomic mass is 35.5. The van der Waals surface area contributed by atoms with Gasteiger partial charge in [-0.05, 0) is 42.3 Å². The zero-order chi connectivity index (χ0) is 15.2. The molecule has 2 aromatic rings. The first kappa shape index (κ1) is 15.2. The Bertz CT molecular complexity index is 627. The second-order valence-electron chi connectivity index (χ2n) is 4.60. The summed E-state index contributed by atoms with van der Waals surface area (Å²) in [5.74, 6) is -0.379. The number of hydrogen-bond donors (Lipinski definition) is 2. The van der Waals surface area contributed by atoms with Gasteiger partial charge in [0.15, 0.2) is 0 Å². The van der Waals surface area contributed by atoms with E-state index in [-0.39, 0.29) is 5.97 Å². The van der Waals surface area contributed by atoms with Gasteiger partial charge in [0, 0.05) is 11.6 Å². The van der Waals surface area contributed by atoms with Crippen molar-refractivity contribution in [2.75, 3.05) is 24.7 Å². The summed E-state index contributed by atoms with van der Waals surface area (Å²) in [6, 6.07) is 12.7. The topological polar surface area (TPSA) is 64.3 Å². The summed E-state index contributed by atoms with van der Waals surface area (Å²) >= 11 is 5.85. The number of halogens is 1. The maximum absolute atomic E-state index is 11.5. The molecule has 0 radical (unpaired) electrons. The Morgan fingerprint density at radius 2 is 1.95 bits per heavy atom. The lowest BCUT2D eigenvalue weighted by molar-refractivity contribution is 0.0601. The third-order valence-electron chi connectivity index (χ3n) is 3.12. The number of carbonyl (C=O) groups is 1. The van der Waals surface area contributed by atoms with Crippen molar-refractivity contribution >= 4 is 28.9 Å². The van der Waals surface area contributed by atoms with E-state index in [1.807, 2.05) is 24.3 Å². The van der Waals surface area contributed by atoms with Crippen LogP contribution in [0.1, 0.15) is 15.9 Å². The first-order valence-corrected chi connectivity index (χ1v) is 6.94. The van der Waals surface area contributed by atoms with Crippen LogP contribution in [-0.2, 0) is 11.2 Å². The fraction of sp³-hybridized carbons (Fsp3) is 0.188. The van der Waals surface area contributed by atoms with Crippen LogP contribution in [0, 0.1) is 0 Å². The normalized spacial score (nSPS) is 10.2. The molecule has 2 rings (SSSR count). The molecule has 0 bridgehead atoms. The number of nitrogens with one attached hydrogen (secondary N) is 1. The highest BCUT2D eigenvalue weighted by Gasteiger charge is 2.08. The summed E-state index contributed by atoms with van der Waals surface area (Å²) in [5, 5.41) is 3.95. The molecule has 0 saturated heterocycles. The van der Waals surface area contributed by atoms with Crippen molar-refractivity contribution in [3.05, 3.63) is 58.6 Å². The van der Waals surface area contributed by atoms with Gasteiger partial charge in [-0.15, -0.1) is 0 Å². The number of nitrogens with two attached hydrogens (primary N) is 1. The van der Waals surface area contributed by atoms with Gasteiger partial charge in [0.1, 0.15) is 0 Å². The minimum absolute atomic E-state index is 0.379. The van der Waals surface area contributed by atoms with Crippen LogP contribution in [0.2, 0.25) is 5.02 Å². The van der Waals surface area contributed by atoms with Gasteiger partial charge < -0.3 is 15.8 Å². The van der Waals surface area contributed by atoms with E-state index in [2.05, 4.69) is 5.32 Å². The molecule has 0 aromatic heterocycles. The van der Waals surface area contributed by atoms with Crippen molar-refractivity contribution in [3.63, 3.8) is 0 Å². The SMILES string of the molecule is COC(=O)c1ccc(N)c(NCCc2ccc(Cl)cc2)c1. The highest BCUT2D eigenvalue weighted by molar-refractivity contribution is 6.30. The van der Waals surface area contributed by atoms with Gasteiger partial charge in [-0.2, -0.15) is 0 Å². The smallest absolute Gasteiger partial charge is 0.337 e. The second kappa shape index (κ2) is 6.99. The van der Waals surface area contributed by atoms with Crippen molar-refractivity contribution in [2.24, 2.45) is 0 Å². The molecular formula is C16H17ClN2O2. The summed E-state index contributed by atoms with van der Waals surface area (Å²) in [6.07, 6.45) is 0.832. The maximum atomic E-state index is 11.5. The Kier molecular flexibility index (Phi) is 5.06. The van der Waals surface area contributed by atoms with E-state index in [4.69, 9.17) is 22.1 Å². The molecule has 0 fully saturated rings. The highest BCUT2D eigenvalue weighted by Crippen LogP contribution is 2.20. The van der Waals surface area contributed by atoms with E-state index >= 15 is 0 Å². The number of hydrogen-bond acceptors (Lipinski definition) is 4. The van der Waals surface area contributed by atoms with Gasteiger partial charge in [-0.25, -0.2) is 4.79 Å². The molecular weight excluding hydrogens is 288 g/mol. The van der Waals surface area contributed by atoms with Gasteiger partial charge in [-0.1, -0.05) is 23.7 Å². The largest absolute Gasteiger partial charge is 0.465 e. The quantitative estimate of drug-likeness (QED) is 0.656. The Morgan fingerprint density at radius 3 is 2.62 bits per heavy atom. The third-order valence-corrected chi connectivity index (χ3v) is 3.37. The number of carbonyl (C=O) groups excluding carboxylic acids is 1. The van der Waals surface area contributed by atoms with Crippen molar-refractivity contribution < 1.29 is 9.53 Å². The van der Waals surface area contributed by atoms with Crippen molar-refractivity contribution in [1.82, 2.24) is 0 Å². The summed E-state index contributed by atoms with van der Waals surface area (Å²) in [6.45, 7) is 0.705. The average Bonchev–Trinajstić information content (AvgIpc) is 2.50. The minimum atomic E-state index is -0.379. The molecule has 0 saturated carbocycles. The predicted octanol–water partition coefficient (Wildman–Crippen LogP) is 3.36. The second-order valence-corrected chi connectivity index (χ2v) is 5.03. The molecule has 4 nitrogen and oxygen atoms in total. The summed E-state index contributed by atoms with van der Waals surface area (Å²) in [5.41, 5.74) is 8.87. The third kappa shape index (κ3) is 4.13. The Hall–Kier alpha value is -2.20. The Balaban J connectivity index is 1.99. The first-order chi connectivity index (χ1) is 10.1. The van der Waals surface area contributed by atoms with Gasteiger partial charge in [-0.3, -0.25) is 0 Å². The Morgan fingerprint density at radius 1 is 1.24 bits per heavy atom. The maximum Gasteiger partial charge on any atom is 0.337 e. The molecule has 5 heteroatoms. The first-order valence-electron chi connectivity index (χ1n) is 6.56. The summed E-state index contributed by atoms with van der Waals surface area (Å²) < 4.78 is 4.70. The summed E-state index contributed by atoms with van der Waals surface area (Å²) in [7, 11) is 1.35. The molecule has 0 aliphatic heterocycles. The van der Waals surface area contributed by atoms with E-state index in [0.717, 1.165) is 17.1 Å². The van der Waals surface area contributed by atoms with Crippen molar-refractivity contribution in [2.45, 2.75) is 6.42 Å². The van der Waals surface area contributed by atoms with E-state index in [1.54, 1.807) is 18.2 Å². The number of methoxy groups -OCH3 is 1. The molecule has 0 aliphatic rings. The van der Waals surface area contributed by atoms with Crippen LogP contribution in [0.15, 0.2) is 42.5 Å². The lowest BCUT2D eigenvalue weighted by Crippen LogP contribution is -2.09. The number of ether oxygens (including phenoxy) is 1. The zero-order valence-corrected chi connectivity index (χ0v) is 12.5. The van der Waals surface area contributed by atoms with Crippen LogP contribution >= 0.6 is 11.6 Å². The van der Waals surface area contributed by atoms with Gasteiger partial charge in [0.05, 0.1) is 24.0 Å². The number of esters is 1. The predicted molar refractivity (Wildman–Crippen MR) is 85.8 cm³/mol. The van der Waals surface area contributed by atoms with E-state index in [9.17, 15) is 4.79 Å². The van der Waals surface area contributed by atoms with Crippen LogP contribution in [0.25, 0.3) is 0 Å². The molecule has 0 aliphatic carbocycles. The average molecular weight is 305 g/mol. The zero-order valence-electron chi connectivity index (χ0n) is 11.7. The molecule has 21 heavy (non-hydrogen) atoms. The number of benzene rings is 2. The lowest BCUT2D eigenvalue weighted by atomic mass is 10.1. The molecule has 0 unspecified atom stereocenters. The van der Waals surface area contributed by atoms with Crippen LogP contribution in [0.5, 0.6) is 0 Å². The van der Waals surface area contributed by atoms with Crippen LogP contribution in [0.4, 0.5) is 11.4 Å². The molecule has 110 valence electrons. The number of nitrogen functional groups attached to an aromatic ring is 1. The van der Waals surface area contributed by atoms with E-state index < -0.39 is 0 Å². The standard InChI is InChI=1S/C16H17ClN2O2/c1-21-16(20)12-4-7-14(18)15(10-12)19-9-8-11-2-5-13(17)6-3-11/h2-7,10,19H,8-9,18H2,1H3. The molecule has 2 aromatic carbocycles. The van der Waals surface area contributed by atoms with Gasteiger partial charge in [0.2, 0.25) is 0 Å². The van der Waals surface area contributed by atoms with Crippen molar-refractivity contribution in [1.29, 1.82) is 0 Å². The van der Waals surface area contributed by atoms with Gasteiger partial charge >= 0.3 is 5.97 Å². The molecule has 3 N–H and O–H groups in total. The molecule has 0 atom stereocenters. The van der Waals surface area contributed by atoms with E-state index in [1.165, 1.54) is 12.7 Å². The van der Waals surface area contributed by atoms with Crippen molar-refractivity contribution in [3.8, 4) is 0 Å². The molecule has 0 heterocycles. The monoisotopic (exact) mass is 304 g/mol. The van der Waals surface area contributed by atoms with Crippen LogP contribution in [0.3, 0.4) is 0 Å². The molecule has 0 amide bonds. The number of rotatable bonds is 5. The fourth-order valence-corrected chi connectivity index (χ4v) is 2.07. The number of anilines is 2. The van der Waals surface area contributed by atoms with Gasteiger partial charge in [0.25, 0.3) is 0 Å². The van der Waals surface area contributed by atoms with Crippen LogP contribution < -0.4 is 11.1 Å². The summed E-state index contributed by atoms with van der Waals surface area (Å²) in [4.78, 5) is 11.5. The lowest BCUT2D eigenvalue weighted by Gasteiger charge is -2.11.